The molecule has 0 amide bonds. The van der Waals surface area contributed by atoms with Crippen LogP contribution in [0.5, 0.6) is 5.75 Å². The Morgan fingerprint density at radius 2 is 2.13 bits per heavy atom. The Hall–Kier alpha value is -1.86. The molecule has 0 spiro atoms. The predicted molar refractivity (Wildman–Crippen MR) is 119 cm³/mol. The second-order valence-corrected chi connectivity index (χ2v) is 10.4. The molecule has 3 aliphatic rings. The number of aryl methyl sites for hydroxylation is 1. The summed E-state index contributed by atoms with van der Waals surface area (Å²) >= 11 is 3.43. The number of para-hydroxylation sites is 1. The van der Waals surface area contributed by atoms with Gasteiger partial charge in [-0.3, -0.25) is 4.68 Å². The SMILES string of the molecule is CCn1cc(Br)c(C(=O)OC[C@]23CO[C@H]4c5ccccc5O[C@](C)(C[C@@H]2C)[C@@H]4[C@@H]3C)n1. The fourth-order valence-corrected chi connectivity index (χ4v) is 6.70. The number of rotatable bonds is 4. The van der Waals surface area contributed by atoms with Gasteiger partial charge in [-0.2, -0.15) is 5.10 Å². The number of hydrogen-bond acceptors (Lipinski definition) is 5. The molecule has 2 fully saturated rings. The van der Waals surface area contributed by atoms with Crippen molar-refractivity contribution in [3.8, 4) is 5.75 Å². The minimum Gasteiger partial charge on any atom is -0.487 e. The zero-order chi connectivity index (χ0) is 22.0. The summed E-state index contributed by atoms with van der Waals surface area (Å²) in [5.74, 6) is 1.30. The summed E-state index contributed by atoms with van der Waals surface area (Å²) in [6.45, 7) is 10.3. The van der Waals surface area contributed by atoms with Crippen LogP contribution in [-0.4, -0.2) is 34.6 Å². The van der Waals surface area contributed by atoms with Gasteiger partial charge >= 0.3 is 5.97 Å². The molecule has 1 aliphatic carbocycles. The topological polar surface area (TPSA) is 62.6 Å². The molecular weight excluding hydrogens is 460 g/mol. The summed E-state index contributed by atoms with van der Waals surface area (Å²) in [4.78, 5) is 12.8. The second-order valence-electron chi connectivity index (χ2n) is 9.59. The first-order valence-corrected chi connectivity index (χ1v) is 11.9. The fourth-order valence-electron chi connectivity index (χ4n) is 6.22. The Bertz CT molecular complexity index is 1020. The van der Waals surface area contributed by atoms with Crippen LogP contribution >= 0.6 is 15.9 Å². The zero-order valence-electron chi connectivity index (χ0n) is 18.4. The summed E-state index contributed by atoms with van der Waals surface area (Å²) in [5, 5.41) is 4.33. The van der Waals surface area contributed by atoms with E-state index >= 15 is 0 Å². The van der Waals surface area contributed by atoms with Crippen molar-refractivity contribution in [2.45, 2.75) is 52.4 Å². The third kappa shape index (κ3) is 3.07. The van der Waals surface area contributed by atoms with E-state index in [2.05, 4.69) is 47.9 Å². The number of esters is 1. The summed E-state index contributed by atoms with van der Waals surface area (Å²) in [7, 11) is 0. The van der Waals surface area contributed by atoms with E-state index in [1.165, 1.54) is 0 Å². The minimum atomic E-state index is -0.395. The maximum atomic E-state index is 12.8. The van der Waals surface area contributed by atoms with E-state index in [0.29, 0.717) is 29.9 Å². The average molecular weight is 489 g/mol. The van der Waals surface area contributed by atoms with Gasteiger partial charge in [0.2, 0.25) is 0 Å². The molecule has 6 nitrogen and oxygen atoms in total. The molecule has 7 heteroatoms. The van der Waals surface area contributed by atoms with Crippen molar-refractivity contribution in [2.24, 2.45) is 23.2 Å². The van der Waals surface area contributed by atoms with E-state index in [-0.39, 0.29) is 34.9 Å². The van der Waals surface area contributed by atoms with Gasteiger partial charge in [0.05, 0.1) is 17.2 Å². The molecule has 1 aromatic carbocycles. The van der Waals surface area contributed by atoms with E-state index < -0.39 is 5.97 Å². The van der Waals surface area contributed by atoms with Gasteiger partial charge in [-0.1, -0.05) is 32.0 Å². The van der Waals surface area contributed by atoms with Gasteiger partial charge in [0.25, 0.3) is 0 Å². The molecule has 166 valence electrons. The van der Waals surface area contributed by atoms with Crippen LogP contribution in [0, 0.1) is 23.2 Å². The first-order chi connectivity index (χ1) is 14.8. The highest BCUT2D eigenvalue weighted by Gasteiger charge is 2.64. The maximum absolute atomic E-state index is 12.8. The van der Waals surface area contributed by atoms with Crippen LogP contribution < -0.4 is 4.74 Å². The smallest absolute Gasteiger partial charge is 0.360 e. The first kappa shape index (κ1) is 21.0. The van der Waals surface area contributed by atoms with Crippen molar-refractivity contribution in [3.05, 3.63) is 46.2 Å². The molecule has 6 atom stereocenters. The number of aromatic nitrogens is 2. The first-order valence-electron chi connectivity index (χ1n) is 11.1. The second kappa shape index (κ2) is 7.34. The number of nitrogens with zero attached hydrogens (tertiary/aromatic N) is 2. The number of benzene rings is 1. The third-order valence-corrected chi connectivity index (χ3v) is 8.56. The van der Waals surface area contributed by atoms with Crippen molar-refractivity contribution in [1.29, 1.82) is 0 Å². The quantitative estimate of drug-likeness (QED) is 0.565. The Morgan fingerprint density at radius 1 is 1.35 bits per heavy atom. The lowest BCUT2D eigenvalue weighted by Gasteiger charge is -2.63. The molecule has 0 radical (unpaired) electrons. The molecule has 2 aromatic rings. The maximum Gasteiger partial charge on any atom is 0.360 e. The monoisotopic (exact) mass is 488 g/mol. The van der Waals surface area contributed by atoms with E-state index in [9.17, 15) is 4.79 Å². The largest absolute Gasteiger partial charge is 0.487 e. The predicted octanol–water partition coefficient (Wildman–Crippen LogP) is 5.02. The van der Waals surface area contributed by atoms with Crippen LogP contribution in [0.3, 0.4) is 0 Å². The van der Waals surface area contributed by atoms with E-state index in [4.69, 9.17) is 14.2 Å². The molecule has 3 heterocycles. The molecule has 31 heavy (non-hydrogen) atoms. The van der Waals surface area contributed by atoms with Crippen LogP contribution in [0.4, 0.5) is 0 Å². The van der Waals surface area contributed by atoms with Crippen molar-refractivity contribution in [3.63, 3.8) is 0 Å². The summed E-state index contributed by atoms with van der Waals surface area (Å²) in [6.07, 6.45) is 2.72. The number of carbonyl (C=O) groups excluding carboxylic acids is 1. The standard InChI is InChI=1S/C24H29BrN2O4/c1-5-27-11-17(25)20(26-27)22(28)30-13-24-12-29-21-16-8-6-7-9-18(16)31-23(4,10-14(24)2)19(21)15(24)3/h6-9,11,14-15,19,21H,5,10,12-13H2,1-4H3/t14-,15-,19+,21-,23+,24+/m0/s1. The fraction of sp³-hybridized carbons (Fsp3) is 0.583. The number of carbonyl (C=O) groups is 1. The molecule has 0 N–H and O–H groups in total. The van der Waals surface area contributed by atoms with Crippen LogP contribution in [0.1, 0.15) is 56.3 Å². The van der Waals surface area contributed by atoms with E-state index in [1.807, 2.05) is 25.1 Å². The Balaban J connectivity index is 1.42. The van der Waals surface area contributed by atoms with Gasteiger partial charge < -0.3 is 14.2 Å². The molecule has 1 saturated heterocycles. The minimum absolute atomic E-state index is 0.00988. The van der Waals surface area contributed by atoms with Crippen LogP contribution in [-0.2, 0) is 16.0 Å². The highest BCUT2D eigenvalue weighted by molar-refractivity contribution is 9.10. The summed E-state index contributed by atoms with van der Waals surface area (Å²) < 4.78 is 21.4. The number of halogens is 1. The highest BCUT2D eigenvalue weighted by atomic mass is 79.9. The molecule has 2 bridgehead atoms. The Kier molecular flexibility index (Phi) is 4.97. The van der Waals surface area contributed by atoms with Crippen LogP contribution in [0.15, 0.2) is 34.9 Å². The Morgan fingerprint density at radius 3 is 2.87 bits per heavy atom. The van der Waals surface area contributed by atoms with Crippen molar-refractivity contribution in [1.82, 2.24) is 9.78 Å². The van der Waals surface area contributed by atoms with E-state index in [1.54, 1.807) is 10.9 Å². The molecule has 1 saturated carbocycles. The van der Waals surface area contributed by atoms with Crippen LogP contribution in [0.2, 0.25) is 0 Å². The lowest BCUT2D eigenvalue weighted by atomic mass is 9.50. The third-order valence-electron chi connectivity index (χ3n) is 7.98. The zero-order valence-corrected chi connectivity index (χ0v) is 20.0. The van der Waals surface area contributed by atoms with Gasteiger partial charge in [-0.05, 0) is 54.1 Å². The van der Waals surface area contributed by atoms with Gasteiger partial charge in [0.1, 0.15) is 18.0 Å². The Labute approximate surface area is 191 Å². The summed E-state index contributed by atoms with van der Waals surface area (Å²) in [6, 6.07) is 8.21. The van der Waals surface area contributed by atoms with Crippen molar-refractivity contribution < 1.29 is 19.0 Å². The van der Waals surface area contributed by atoms with Crippen molar-refractivity contribution >= 4 is 21.9 Å². The number of hydrogen-bond donors (Lipinski definition) is 0. The molecule has 2 aliphatic heterocycles. The average Bonchev–Trinajstić information content (AvgIpc) is 3.12. The molecule has 0 unspecified atom stereocenters. The van der Waals surface area contributed by atoms with Gasteiger partial charge in [0.15, 0.2) is 5.69 Å². The number of ether oxygens (including phenoxy) is 3. The lowest BCUT2D eigenvalue weighted by molar-refractivity contribution is -0.259. The molecular formula is C24H29BrN2O4. The van der Waals surface area contributed by atoms with Gasteiger partial charge in [-0.15, -0.1) is 0 Å². The summed E-state index contributed by atoms with van der Waals surface area (Å²) in [5.41, 5.74) is 0.912. The van der Waals surface area contributed by atoms with E-state index in [0.717, 1.165) is 17.7 Å². The normalized spacial score (nSPS) is 35.8. The molecule has 5 rings (SSSR count). The van der Waals surface area contributed by atoms with Crippen LogP contribution in [0.25, 0.3) is 0 Å². The highest BCUT2D eigenvalue weighted by Crippen LogP contribution is 2.63. The number of fused-ring (bicyclic) bond motifs is 3. The van der Waals surface area contributed by atoms with Gasteiger partial charge in [-0.25, -0.2) is 4.79 Å². The van der Waals surface area contributed by atoms with Gasteiger partial charge in [0, 0.05) is 29.6 Å². The molecule has 1 aromatic heterocycles. The van der Waals surface area contributed by atoms with Crippen molar-refractivity contribution in [2.75, 3.05) is 13.2 Å². The lowest BCUT2D eigenvalue weighted by Crippen LogP contribution is -2.66.